The highest BCUT2D eigenvalue weighted by molar-refractivity contribution is 5.42. The van der Waals surface area contributed by atoms with Crippen molar-refractivity contribution in [1.82, 2.24) is 24.6 Å². The highest BCUT2D eigenvalue weighted by atomic mass is 15.3. The van der Waals surface area contributed by atoms with Crippen LogP contribution in [0.25, 0.3) is 0 Å². The Kier molecular flexibility index (Phi) is 4.85. The molecule has 2 aromatic heterocycles. The second-order valence-electron chi connectivity index (χ2n) is 7.32. The number of hydrogen-bond acceptors (Lipinski definition) is 6. The van der Waals surface area contributed by atoms with Crippen molar-refractivity contribution >= 4 is 5.82 Å². The SMILES string of the molecule is Cn1c(CN2CCCC2)nnc1[C@@H]1CCCN(c2ccc(C#N)cn2)C1. The van der Waals surface area contributed by atoms with Crippen molar-refractivity contribution in [2.24, 2.45) is 7.05 Å². The number of nitriles is 1. The molecule has 2 aliphatic rings. The maximum Gasteiger partial charge on any atom is 0.146 e. The molecule has 0 aliphatic carbocycles. The Morgan fingerprint density at radius 2 is 2.00 bits per heavy atom. The molecule has 0 amide bonds. The first-order valence-electron chi connectivity index (χ1n) is 9.46. The molecule has 7 heteroatoms. The predicted molar refractivity (Wildman–Crippen MR) is 98.7 cm³/mol. The largest absolute Gasteiger partial charge is 0.356 e. The lowest BCUT2D eigenvalue weighted by atomic mass is 9.97. The molecule has 2 saturated heterocycles. The third-order valence-corrected chi connectivity index (χ3v) is 5.55. The van der Waals surface area contributed by atoms with Crippen LogP contribution in [0, 0.1) is 11.3 Å². The van der Waals surface area contributed by atoms with Crippen LogP contribution >= 0.6 is 0 Å². The lowest BCUT2D eigenvalue weighted by molar-refractivity contribution is 0.317. The van der Waals surface area contributed by atoms with Gasteiger partial charge in [0.25, 0.3) is 0 Å². The number of likely N-dealkylation sites (tertiary alicyclic amines) is 1. The standard InChI is InChI=1S/C19H25N7/c1-24-18(14-25-8-2-3-9-25)22-23-19(24)16-5-4-10-26(13-16)17-7-6-15(11-20)12-21-17/h6-7,12,16H,2-5,8-10,13-14H2,1H3/t16-/m1/s1. The van der Waals surface area contributed by atoms with Gasteiger partial charge >= 0.3 is 0 Å². The molecule has 2 aromatic rings. The molecule has 2 fully saturated rings. The van der Waals surface area contributed by atoms with E-state index in [1.165, 1.54) is 25.9 Å². The lowest BCUT2D eigenvalue weighted by Crippen LogP contribution is -2.36. The van der Waals surface area contributed by atoms with E-state index in [2.05, 4.69) is 42.7 Å². The van der Waals surface area contributed by atoms with Crippen LogP contribution in [0.2, 0.25) is 0 Å². The monoisotopic (exact) mass is 351 g/mol. The molecule has 136 valence electrons. The maximum atomic E-state index is 8.94. The molecule has 0 bridgehead atoms. The second-order valence-corrected chi connectivity index (χ2v) is 7.32. The van der Waals surface area contributed by atoms with Gasteiger partial charge in [-0.3, -0.25) is 4.90 Å². The highest BCUT2D eigenvalue weighted by Gasteiger charge is 2.27. The molecule has 4 rings (SSSR count). The Morgan fingerprint density at radius 1 is 1.15 bits per heavy atom. The van der Waals surface area contributed by atoms with Gasteiger partial charge in [0.1, 0.15) is 23.5 Å². The molecule has 0 spiro atoms. The summed E-state index contributed by atoms with van der Waals surface area (Å²) in [4.78, 5) is 9.21. The van der Waals surface area contributed by atoms with Crippen molar-refractivity contribution in [3.8, 4) is 6.07 Å². The van der Waals surface area contributed by atoms with E-state index in [1.807, 2.05) is 12.1 Å². The quantitative estimate of drug-likeness (QED) is 0.839. The summed E-state index contributed by atoms with van der Waals surface area (Å²) in [6.45, 7) is 5.13. The van der Waals surface area contributed by atoms with E-state index < -0.39 is 0 Å². The summed E-state index contributed by atoms with van der Waals surface area (Å²) in [6, 6.07) is 5.90. The number of rotatable bonds is 4. The van der Waals surface area contributed by atoms with Gasteiger partial charge in [-0.05, 0) is 50.9 Å². The summed E-state index contributed by atoms with van der Waals surface area (Å²) in [7, 11) is 2.10. The molecule has 2 aliphatic heterocycles. The van der Waals surface area contributed by atoms with E-state index in [-0.39, 0.29) is 0 Å². The topological polar surface area (TPSA) is 73.9 Å². The Morgan fingerprint density at radius 3 is 2.73 bits per heavy atom. The highest BCUT2D eigenvalue weighted by Crippen LogP contribution is 2.28. The summed E-state index contributed by atoms with van der Waals surface area (Å²) in [5.41, 5.74) is 0.599. The molecule has 0 N–H and O–H groups in total. The first kappa shape index (κ1) is 17.0. The van der Waals surface area contributed by atoms with Crippen LogP contribution in [-0.2, 0) is 13.6 Å². The molecule has 26 heavy (non-hydrogen) atoms. The van der Waals surface area contributed by atoms with Crippen LogP contribution in [0.15, 0.2) is 18.3 Å². The van der Waals surface area contributed by atoms with Crippen molar-refractivity contribution in [3.05, 3.63) is 35.5 Å². The van der Waals surface area contributed by atoms with Gasteiger partial charge in [0.05, 0.1) is 12.1 Å². The number of aromatic nitrogens is 4. The average molecular weight is 351 g/mol. The summed E-state index contributed by atoms with van der Waals surface area (Å²) in [5.74, 6) is 3.45. The van der Waals surface area contributed by atoms with Crippen LogP contribution in [-0.4, -0.2) is 50.8 Å². The normalized spacial score (nSPS) is 21.1. The smallest absolute Gasteiger partial charge is 0.146 e. The van der Waals surface area contributed by atoms with Gasteiger partial charge in [-0.1, -0.05) is 0 Å². The zero-order valence-electron chi connectivity index (χ0n) is 15.3. The minimum Gasteiger partial charge on any atom is -0.356 e. The van der Waals surface area contributed by atoms with Gasteiger partial charge in [-0.25, -0.2) is 4.98 Å². The number of nitrogens with zero attached hydrogens (tertiary/aromatic N) is 7. The fourth-order valence-corrected chi connectivity index (χ4v) is 4.04. The molecule has 7 nitrogen and oxygen atoms in total. The fourth-order valence-electron chi connectivity index (χ4n) is 4.04. The average Bonchev–Trinajstić information content (AvgIpc) is 3.33. The van der Waals surface area contributed by atoms with E-state index in [1.54, 1.807) is 6.20 Å². The first-order valence-corrected chi connectivity index (χ1v) is 9.46. The van der Waals surface area contributed by atoms with Gasteiger partial charge in [0, 0.05) is 32.3 Å². The molecular formula is C19H25N7. The summed E-state index contributed by atoms with van der Waals surface area (Å²) >= 11 is 0. The van der Waals surface area contributed by atoms with Crippen LogP contribution in [0.1, 0.15) is 48.8 Å². The number of hydrogen-bond donors (Lipinski definition) is 0. The fraction of sp³-hybridized carbons (Fsp3) is 0.579. The molecule has 0 aromatic carbocycles. The third kappa shape index (κ3) is 3.42. The van der Waals surface area contributed by atoms with E-state index in [9.17, 15) is 0 Å². The van der Waals surface area contributed by atoms with Crippen LogP contribution in [0.3, 0.4) is 0 Å². The van der Waals surface area contributed by atoms with E-state index in [0.29, 0.717) is 11.5 Å². The van der Waals surface area contributed by atoms with Crippen molar-refractivity contribution in [2.45, 2.75) is 38.1 Å². The molecular weight excluding hydrogens is 326 g/mol. The van der Waals surface area contributed by atoms with Crippen molar-refractivity contribution in [2.75, 3.05) is 31.1 Å². The van der Waals surface area contributed by atoms with Gasteiger partial charge in [-0.15, -0.1) is 10.2 Å². The maximum absolute atomic E-state index is 8.94. The Bertz CT molecular complexity index is 783. The number of piperidine rings is 1. The van der Waals surface area contributed by atoms with Crippen molar-refractivity contribution in [1.29, 1.82) is 5.26 Å². The minimum atomic E-state index is 0.367. The number of anilines is 1. The number of pyridine rings is 1. The lowest BCUT2D eigenvalue weighted by Gasteiger charge is -2.33. The molecule has 1 atom stereocenters. The van der Waals surface area contributed by atoms with Crippen LogP contribution < -0.4 is 4.90 Å². The van der Waals surface area contributed by atoms with Crippen molar-refractivity contribution < 1.29 is 0 Å². The zero-order chi connectivity index (χ0) is 17.9. The van der Waals surface area contributed by atoms with Gasteiger partial charge < -0.3 is 9.47 Å². The molecule has 0 saturated carbocycles. The third-order valence-electron chi connectivity index (χ3n) is 5.55. The Labute approximate surface area is 154 Å². The molecule has 0 radical (unpaired) electrons. The zero-order valence-corrected chi connectivity index (χ0v) is 15.3. The van der Waals surface area contributed by atoms with Gasteiger partial charge in [0.15, 0.2) is 0 Å². The van der Waals surface area contributed by atoms with Gasteiger partial charge in [0.2, 0.25) is 0 Å². The first-order chi connectivity index (χ1) is 12.7. The summed E-state index contributed by atoms with van der Waals surface area (Å²) in [5, 5.41) is 17.9. The minimum absolute atomic E-state index is 0.367. The van der Waals surface area contributed by atoms with Gasteiger partial charge in [-0.2, -0.15) is 5.26 Å². The molecule has 0 unspecified atom stereocenters. The Balaban J connectivity index is 1.47. The Hall–Kier alpha value is -2.46. The summed E-state index contributed by atoms with van der Waals surface area (Å²) < 4.78 is 2.19. The summed E-state index contributed by atoms with van der Waals surface area (Å²) in [6.07, 6.45) is 6.47. The van der Waals surface area contributed by atoms with Crippen molar-refractivity contribution in [3.63, 3.8) is 0 Å². The second kappa shape index (κ2) is 7.42. The van der Waals surface area contributed by atoms with E-state index in [4.69, 9.17) is 5.26 Å². The predicted octanol–water partition coefficient (Wildman–Crippen LogP) is 2.06. The van der Waals surface area contributed by atoms with Crippen LogP contribution in [0.4, 0.5) is 5.82 Å². The van der Waals surface area contributed by atoms with E-state index >= 15 is 0 Å². The molecule has 4 heterocycles. The van der Waals surface area contributed by atoms with E-state index in [0.717, 1.165) is 49.9 Å². The van der Waals surface area contributed by atoms with Crippen LogP contribution in [0.5, 0.6) is 0 Å².